The Kier molecular flexibility index (Phi) is 4.62. The monoisotopic (exact) mass is 287 g/mol. The van der Waals surface area contributed by atoms with Crippen LogP contribution in [-0.2, 0) is 4.79 Å². The topological polar surface area (TPSA) is 46.1 Å². The van der Waals surface area contributed by atoms with Gasteiger partial charge in [0.05, 0.1) is 6.20 Å². The van der Waals surface area contributed by atoms with Crippen molar-refractivity contribution in [1.29, 1.82) is 0 Å². The zero-order valence-corrected chi connectivity index (χ0v) is 12.4. The fourth-order valence-electron chi connectivity index (χ4n) is 2.17. The van der Waals surface area contributed by atoms with Crippen LogP contribution in [-0.4, -0.2) is 22.4 Å². The molecule has 110 valence electrons. The molecule has 1 amide bonds. The van der Waals surface area contributed by atoms with Gasteiger partial charge in [-0.15, -0.1) is 0 Å². The summed E-state index contributed by atoms with van der Waals surface area (Å²) in [6.45, 7) is 6.02. The molecule has 2 rings (SSSR count). The number of aryl methyl sites for hydroxylation is 1. The summed E-state index contributed by atoms with van der Waals surface area (Å²) in [7, 11) is 0. The van der Waals surface area contributed by atoms with Gasteiger partial charge in [0.15, 0.2) is 5.82 Å². The van der Waals surface area contributed by atoms with E-state index in [9.17, 15) is 9.18 Å². The Hall–Kier alpha value is -2.30. The Morgan fingerprint density at radius 2 is 2.10 bits per heavy atom. The average molecular weight is 287 g/mol. The van der Waals surface area contributed by atoms with Gasteiger partial charge in [-0.3, -0.25) is 4.79 Å². The third-order valence-electron chi connectivity index (χ3n) is 3.22. The predicted molar refractivity (Wildman–Crippen MR) is 80.5 cm³/mol. The normalized spacial score (nSPS) is 10.5. The molecular formula is C16H18FN3O. The van der Waals surface area contributed by atoms with Gasteiger partial charge < -0.3 is 4.90 Å². The number of aromatic nitrogens is 2. The molecule has 4 nitrogen and oxygen atoms in total. The number of carbonyl (C=O) groups is 1. The molecule has 0 spiro atoms. The quantitative estimate of drug-likeness (QED) is 0.866. The van der Waals surface area contributed by atoms with Crippen LogP contribution in [0.5, 0.6) is 0 Å². The Morgan fingerprint density at radius 1 is 1.33 bits per heavy atom. The molecular weight excluding hydrogens is 269 g/mol. The Morgan fingerprint density at radius 3 is 2.76 bits per heavy atom. The number of anilines is 1. The molecule has 1 aromatic carbocycles. The largest absolute Gasteiger partial charge is 0.313 e. The maximum atomic E-state index is 13.9. The number of hydrogen-bond acceptors (Lipinski definition) is 3. The lowest BCUT2D eigenvalue weighted by atomic mass is 10.1. The Labute approximate surface area is 123 Å². The summed E-state index contributed by atoms with van der Waals surface area (Å²) in [6, 6.07) is 7.19. The first kappa shape index (κ1) is 15.1. The highest BCUT2D eigenvalue weighted by atomic mass is 19.1. The van der Waals surface area contributed by atoms with E-state index >= 15 is 0 Å². The summed E-state index contributed by atoms with van der Waals surface area (Å²) in [5, 5.41) is 0. The van der Waals surface area contributed by atoms with E-state index in [-0.39, 0.29) is 11.6 Å². The summed E-state index contributed by atoms with van der Waals surface area (Å²) < 4.78 is 13.9. The molecule has 0 bridgehead atoms. The number of nitrogens with zero attached hydrogens (tertiary/aromatic N) is 3. The van der Waals surface area contributed by atoms with E-state index in [1.165, 1.54) is 6.20 Å². The van der Waals surface area contributed by atoms with Gasteiger partial charge in [-0.05, 0) is 26.0 Å². The molecule has 0 aliphatic heterocycles. The van der Waals surface area contributed by atoms with Crippen LogP contribution in [0.1, 0.15) is 26.1 Å². The van der Waals surface area contributed by atoms with Crippen molar-refractivity contribution >= 4 is 11.6 Å². The molecule has 0 saturated carbocycles. The minimum Gasteiger partial charge on any atom is -0.313 e. The molecule has 0 aliphatic carbocycles. The van der Waals surface area contributed by atoms with E-state index in [0.717, 1.165) is 5.69 Å². The Bertz CT molecular complexity index is 658. The first-order valence-corrected chi connectivity index (χ1v) is 6.96. The van der Waals surface area contributed by atoms with E-state index in [2.05, 4.69) is 9.97 Å². The number of carbonyl (C=O) groups excluding carboxylic acids is 1. The highest BCUT2D eigenvalue weighted by Crippen LogP contribution is 2.25. The maximum absolute atomic E-state index is 13.9. The average Bonchev–Trinajstić information content (AvgIpc) is 2.50. The highest BCUT2D eigenvalue weighted by Gasteiger charge is 2.14. The van der Waals surface area contributed by atoms with Crippen molar-refractivity contribution in [1.82, 2.24) is 9.97 Å². The van der Waals surface area contributed by atoms with Gasteiger partial charge in [-0.25, -0.2) is 14.4 Å². The Balaban J connectivity index is 2.46. The van der Waals surface area contributed by atoms with Crippen molar-refractivity contribution in [3.05, 3.63) is 42.1 Å². The second-order valence-corrected chi connectivity index (χ2v) is 4.66. The van der Waals surface area contributed by atoms with Crippen LogP contribution in [0.15, 0.2) is 30.5 Å². The standard InChI is InChI=1S/C16H18FN3O/c1-4-15(21)20(5-2)13-8-6-7-12(9-13)16-14(17)10-18-11(3)19-16/h6-10H,4-5H2,1-3H3. The number of halogens is 1. The number of rotatable bonds is 4. The molecule has 5 heteroatoms. The van der Waals surface area contributed by atoms with Gasteiger partial charge in [0.25, 0.3) is 0 Å². The third kappa shape index (κ3) is 3.24. The van der Waals surface area contributed by atoms with Gasteiger partial charge in [0.2, 0.25) is 5.91 Å². The number of benzene rings is 1. The van der Waals surface area contributed by atoms with Gasteiger partial charge in [0, 0.05) is 24.2 Å². The van der Waals surface area contributed by atoms with E-state index in [4.69, 9.17) is 0 Å². The molecule has 0 unspecified atom stereocenters. The second kappa shape index (κ2) is 6.43. The van der Waals surface area contributed by atoms with Crippen molar-refractivity contribution in [2.75, 3.05) is 11.4 Å². The fraction of sp³-hybridized carbons (Fsp3) is 0.312. The van der Waals surface area contributed by atoms with Crippen LogP contribution >= 0.6 is 0 Å². The molecule has 0 aliphatic rings. The minimum absolute atomic E-state index is 0.0361. The second-order valence-electron chi connectivity index (χ2n) is 4.66. The van der Waals surface area contributed by atoms with Gasteiger partial charge >= 0.3 is 0 Å². The summed E-state index contributed by atoms with van der Waals surface area (Å²) in [6.07, 6.45) is 1.60. The van der Waals surface area contributed by atoms with Crippen molar-refractivity contribution in [2.24, 2.45) is 0 Å². The molecule has 2 aromatic rings. The molecule has 0 atom stereocenters. The van der Waals surface area contributed by atoms with Crippen molar-refractivity contribution in [2.45, 2.75) is 27.2 Å². The van der Waals surface area contributed by atoms with Crippen LogP contribution in [0.25, 0.3) is 11.3 Å². The van der Waals surface area contributed by atoms with E-state index < -0.39 is 5.82 Å². The molecule has 0 N–H and O–H groups in total. The summed E-state index contributed by atoms with van der Waals surface area (Å²) >= 11 is 0. The minimum atomic E-state index is -0.470. The van der Waals surface area contributed by atoms with Gasteiger partial charge in [-0.1, -0.05) is 19.1 Å². The summed E-state index contributed by atoms with van der Waals surface area (Å²) in [4.78, 5) is 21.6. The van der Waals surface area contributed by atoms with Crippen molar-refractivity contribution in [3.8, 4) is 11.3 Å². The smallest absolute Gasteiger partial charge is 0.226 e. The molecule has 21 heavy (non-hydrogen) atoms. The van der Waals surface area contributed by atoms with E-state index in [0.29, 0.717) is 24.4 Å². The summed E-state index contributed by atoms with van der Waals surface area (Å²) in [5.74, 6) is 0.0744. The number of amides is 1. The van der Waals surface area contributed by atoms with Gasteiger partial charge in [-0.2, -0.15) is 0 Å². The predicted octanol–water partition coefficient (Wildman–Crippen LogP) is 3.35. The molecule has 0 fully saturated rings. The van der Waals surface area contributed by atoms with Crippen LogP contribution in [0, 0.1) is 12.7 Å². The molecule has 0 radical (unpaired) electrons. The maximum Gasteiger partial charge on any atom is 0.226 e. The summed E-state index contributed by atoms with van der Waals surface area (Å²) in [5.41, 5.74) is 1.64. The van der Waals surface area contributed by atoms with Crippen LogP contribution in [0.4, 0.5) is 10.1 Å². The third-order valence-corrected chi connectivity index (χ3v) is 3.22. The molecule has 1 heterocycles. The van der Waals surface area contributed by atoms with E-state index in [1.54, 1.807) is 30.0 Å². The fourth-order valence-corrected chi connectivity index (χ4v) is 2.17. The number of hydrogen-bond donors (Lipinski definition) is 0. The van der Waals surface area contributed by atoms with Gasteiger partial charge in [0.1, 0.15) is 11.5 Å². The zero-order chi connectivity index (χ0) is 15.4. The lowest BCUT2D eigenvalue weighted by molar-refractivity contribution is -0.118. The molecule has 0 saturated heterocycles. The van der Waals surface area contributed by atoms with Crippen molar-refractivity contribution < 1.29 is 9.18 Å². The lowest BCUT2D eigenvalue weighted by Crippen LogP contribution is -2.29. The highest BCUT2D eigenvalue weighted by molar-refractivity contribution is 5.93. The lowest BCUT2D eigenvalue weighted by Gasteiger charge is -2.21. The SMILES string of the molecule is CCC(=O)N(CC)c1cccc(-c2nc(C)ncc2F)c1. The van der Waals surface area contributed by atoms with Crippen LogP contribution in [0.3, 0.4) is 0 Å². The first-order chi connectivity index (χ1) is 10.1. The molecule has 1 aromatic heterocycles. The first-order valence-electron chi connectivity index (χ1n) is 6.96. The van der Waals surface area contributed by atoms with Crippen LogP contribution < -0.4 is 4.90 Å². The van der Waals surface area contributed by atoms with Crippen LogP contribution in [0.2, 0.25) is 0 Å². The van der Waals surface area contributed by atoms with E-state index in [1.807, 2.05) is 19.9 Å². The van der Waals surface area contributed by atoms with Crippen molar-refractivity contribution in [3.63, 3.8) is 0 Å². The zero-order valence-electron chi connectivity index (χ0n) is 12.4.